The van der Waals surface area contributed by atoms with E-state index < -0.39 is 0 Å². The van der Waals surface area contributed by atoms with E-state index in [0.29, 0.717) is 0 Å². The molecule has 0 rings (SSSR count). The molecular weight excluding hydrogens is 311 g/mol. The molecule has 2 nitrogen and oxygen atoms in total. The first-order valence-electron chi connectivity index (χ1n) is 10.9. The predicted octanol–water partition coefficient (Wildman–Crippen LogP) is 7.66. The normalized spacial score (nSPS) is 11.0. The summed E-state index contributed by atoms with van der Waals surface area (Å²) in [6.45, 7) is 7.36. The van der Waals surface area contributed by atoms with Crippen molar-refractivity contribution < 1.29 is 9.19 Å². The summed E-state index contributed by atoms with van der Waals surface area (Å²) < 4.78 is 1.24. The lowest BCUT2D eigenvalue weighted by atomic mass is 10.1. The van der Waals surface area contributed by atoms with Gasteiger partial charge in [0.1, 0.15) is 0 Å². The lowest BCUT2D eigenvalue weighted by molar-refractivity contribution is -0.890. The van der Waals surface area contributed by atoms with E-state index >= 15 is 0 Å². The second-order valence-corrected chi connectivity index (χ2v) is 8.33. The number of hydrogen-bond acceptors (Lipinski definition) is 1. The molecule has 0 aromatic rings. The summed E-state index contributed by atoms with van der Waals surface area (Å²) in [4.78, 5) is 0. The van der Waals surface area contributed by atoms with Crippen LogP contribution in [0.2, 0.25) is 0 Å². The highest BCUT2D eigenvalue weighted by molar-refractivity contribution is 4.48. The number of rotatable bonds is 18. The Balaban J connectivity index is -0.00000242. The average Bonchev–Trinajstić information content (AvgIpc) is 2.52. The number of unbranched alkanes of at least 4 members (excludes halogenated alkanes) is 14. The van der Waals surface area contributed by atoms with Crippen molar-refractivity contribution in [1.82, 2.24) is 6.15 Å². The van der Waals surface area contributed by atoms with Gasteiger partial charge in [-0.3, -0.25) is 4.70 Å². The third kappa shape index (κ3) is 23.9. The highest BCUT2D eigenvalue weighted by atomic mass is 19.0. The molecule has 0 unspecified atom stereocenters. The van der Waals surface area contributed by atoms with Crippen LogP contribution in [0.3, 0.4) is 0 Å². The molecule has 0 heterocycles. The summed E-state index contributed by atoms with van der Waals surface area (Å²) in [5.74, 6) is 0. The summed E-state index contributed by atoms with van der Waals surface area (Å²) in [6.07, 6.45) is 23.0. The second-order valence-electron chi connectivity index (χ2n) is 8.33. The van der Waals surface area contributed by atoms with Crippen molar-refractivity contribution in [3.63, 3.8) is 0 Å². The molecule has 3 heteroatoms. The van der Waals surface area contributed by atoms with E-state index in [1.807, 2.05) is 0 Å². The molecule has 0 atom stereocenters. The molecule has 156 valence electrons. The Hall–Kier alpha value is -0.150. The van der Waals surface area contributed by atoms with Gasteiger partial charge in [0.05, 0.1) is 27.2 Å². The van der Waals surface area contributed by atoms with Crippen molar-refractivity contribution in [2.45, 2.75) is 117 Å². The Morgan fingerprint density at radius 1 is 0.440 bits per heavy atom. The minimum atomic E-state index is 0. The molecule has 25 heavy (non-hydrogen) atoms. The van der Waals surface area contributed by atoms with Gasteiger partial charge in [-0.1, -0.05) is 90.9 Å². The maximum absolute atomic E-state index is 2.43. The Labute approximate surface area is 159 Å². The van der Waals surface area contributed by atoms with Crippen molar-refractivity contribution in [3.05, 3.63) is 0 Å². The number of nitrogens with zero attached hydrogens (tertiary/aromatic N) is 1. The standard InChI is InChI=1S/C22H48N.FH.H3N/c1-5-7-9-11-13-15-17-19-21-23(3,4)22-20-18-16-14-12-10-8-6-2;;/h5-22H2,1-4H3;1H;1H3/q+1;;. The van der Waals surface area contributed by atoms with Crippen molar-refractivity contribution in [3.8, 4) is 0 Å². The van der Waals surface area contributed by atoms with E-state index in [1.165, 1.54) is 120 Å². The van der Waals surface area contributed by atoms with Gasteiger partial charge in [0.25, 0.3) is 0 Å². The molecule has 0 saturated carbocycles. The van der Waals surface area contributed by atoms with Crippen LogP contribution < -0.4 is 6.15 Å². The highest BCUT2D eigenvalue weighted by Crippen LogP contribution is 2.13. The zero-order valence-corrected chi connectivity index (χ0v) is 18.3. The van der Waals surface area contributed by atoms with Crippen LogP contribution in [0, 0.1) is 0 Å². The molecule has 3 N–H and O–H groups in total. The summed E-state index contributed by atoms with van der Waals surface area (Å²) in [6, 6.07) is 0. The van der Waals surface area contributed by atoms with E-state index in [4.69, 9.17) is 0 Å². The molecule has 0 bridgehead atoms. The maximum Gasteiger partial charge on any atom is 0.0782 e. The lowest BCUT2D eigenvalue weighted by Crippen LogP contribution is -2.41. The summed E-state index contributed by atoms with van der Waals surface area (Å²) in [7, 11) is 4.87. The molecule has 0 aromatic carbocycles. The molecule has 0 aliphatic rings. The largest absolute Gasteiger partial charge is 0.344 e. The minimum absolute atomic E-state index is 0. The molecule has 0 spiro atoms. The molecule has 0 aromatic heterocycles. The third-order valence-electron chi connectivity index (χ3n) is 5.23. The first-order valence-corrected chi connectivity index (χ1v) is 10.9. The number of halogens is 1. The van der Waals surface area contributed by atoms with Crippen LogP contribution in [0.25, 0.3) is 0 Å². The zero-order valence-electron chi connectivity index (χ0n) is 18.3. The molecule has 0 aliphatic heterocycles. The third-order valence-corrected chi connectivity index (χ3v) is 5.23. The fourth-order valence-corrected chi connectivity index (χ4v) is 3.46. The summed E-state index contributed by atoms with van der Waals surface area (Å²) in [5, 5.41) is 0. The predicted molar refractivity (Wildman–Crippen MR) is 115 cm³/mol. The zero-order chi connectivity index (χ0) is 17.2. The SMILES string of the molecule is CCCCCCCCCC[N+](C)(C)CCCCCCCCCC.F.N. The van der Waals surface area contributed by atoms with Crippen LogP contribution in [-0.4, -0.2) is 31.7 Å². The van der Waals surface area contributed by atoms with Crippen LogP contribution in [0.15, 0.2) is 0 Å². The summed E-state index contributed by atoms with van der Waals surface area (Å²) >= 11 is 0. The van der Waals surface area contributed by atoms with Gasteiger partial charge in [-0.05, 0) is 25.7 Å². The maximum atomic E-state index is 2.43. The molecule has 0 fully saturated rings. The molecule has 0 aliphatic carbocycles. The van der Waals surface area contributed by atoms with Gasteiger partial charge in [-0.15, -0.1) is 0 Å². The first kappa shape index (κ1) is 29.6. The van der Waals surface area contributed by atoms with Crippen LogP contribution in [0.4, 0.5) is 4.70 Å². The average molecular weight is 364 g/mol. The Morgan fingerprint density at radius 2 is 0.680 bits per heavy atom. The molecule has 0 radical (unpaired) electrons. The van der Waals surface area contributed by atoms with Crippen LogP contribution >= 0.6 is 0 Å². The minimum Gasteiger partial charge on any atom is -0.344 e. The van der Waals surface area contributed by atoms with Crippen molar-refractivity contribution >= 4 is 0 Å². The van der Waals surface area contributed by atoms with Gasteiger partial charge < -0.3 is 10.6 Å². The van der Waals surface area contributed by atoms with Gasteiger partial charge >= 0.3 is 0 Å². The van der Waals surface area contributed by atoms with E-state index in [9.17, 15) is 0 Å². The molecule has 0 amide bonds. The Morgan fingerprint density at radius 3 is 0.960 bits per heavy atom. The molecular formula is C22H52FN2+. The van der Waals surface area contributed by atoms with Crippen molar-refractivity contribution in [1.29, 1.82) is 0 Å². The number of quaternary nitrogens is 1. The smallest absolute Gasteiger partial charge is 0.0782 e. The first-order chi connectivity index (χ1) is 11.1. The van der Waals surface area contributed by atoms with Gasteiger partial charge in [-0.2, -0.15) is 0 Å². The second kappa shape index (κ2) is 21.9. The van der Waals surface area contributed by atoms with Crippen LogP contribution in [0.5, 0.6) is 0 Å². The lowest BCUT2D eigenvalue weighted by Gasteiger charge is -2.30. The Kier molecular flexibility index (Phi) is 25.9. The van der Waals surface area contributed by atoms with Gasteiger partial charge in [0.2, 0.25) is 0 Å². The molecule has 0 saturated heterocycles. The number of hydrogen-bond donors (Lipinski definition) is 1. The van der Waals surface area contributed by atoms with E-state index in [-0.39, 0.29) is 10.9 Å². The summed E-state index contributed by atoms with van der Waals surface area (Å²) in [5.41, 5.74) is 0. The Bertz CT molecular complexity index is 210. The van der Waals surface area contributed by atoms with Crippen molar-refractivity contribution in [2.24, 2.45) is 0 Å². The van der Waals surface area contributed by atoms with E-state index in [0.717, 1.165) is 0 Å². The van der Waals surface area contributed by atoms with E-state index in [2.05, 4.69) is 27.9 Å². The highest BCUT2D eigenvalue weighted by Gasteiger charge is 2.13. The van der Waals surface area contributed by atoms with Gasteiger partial charge in [-0.25, -0.2) is 0 Å². The van der Waals surface area contributed by atoms with Gasteiger partial charge in [0.15, 0.2) is 0 Å². The quantitative estimate of drug-likeness (QED) is 0.197. The fraction of sp³-hybridized carbons (Fsp3) is 1.00. The van der Waals surface area contributed by atoms with Crippen LogP contribution in [0.1, 0.15) is 117 Å². The van der Waals surface area contributed by atoms with Crippen LogP contribution in [-0.2, 0) is 0 Å². The monoisotopic (exact) mass is 363 g/mol. The topological polar surface area (TPSA) is 35.0 Å². The van der Waals surface area contributed by atoms with E-state index in [1.54, 1.807) is 0 Å². The van der Waals surface area contributed by atoms with Crippen molar-refractivity contribution in [2.75, 3.05) is 27.2 Å². The van der Waals surface area contributed by atoms with Gasteiger partial charge in [0, 0.05) is 0 Å². The fourth-order valence-electron chi connectivity index (χ4n) is 3.46.